The van der Waals surface area contributed by atoms with Crippen molar-refractivity contribution in [1.82, 2.24) is 28.7 Å². The largest absolute Gasteiger partial charge is 0.462 e. The summed E-state index contributed by atoms with van der Waals surface area (Å²) in [6.07, 6.45) is 8.67. The summed E-state index contributed by atoms with van der Waals surface area (Å²) in [5, 5.41) is 0.408. The molecule has 17 heteroatoms. The van der Waals surface area contributed by atoms with Gasteiger partial charge in [-0.2, -0.15) is 12.6 Å². The minimum Gasteiger partial charge on any atom is -0.462 e. The van der Waals surface area contributed by atoms with E-state index in [0.717, 1.165) is 50.6 Å². The van der Waals surface area contributed by atoms with Crippen LogP contribution < -0.4 is 10.9 Å². The average molecular weight is 839 g/mol. The lowest BCUT2D eigenvalue weighted by molar-refractivity contribution is 0.0517. The Kier molecular flexibility index (Phi) is 11.9. The van der Waals surface area contributed by atoms with Gasteiger partial charge in [-0.25, -0.2) is 23.9 Å². The molecule has 7 aromatic heterocycles. The van der Waals surface area contributed by atoms with Gasteiger partial charge in [0, 0.05) is 36.1 Å². The highest BCUT2D eigenvalue weighted by Gasteiger charge is 2.25. The van der Waals surface area contributed by atoms with E-state index >= 15 is 0 Å². The number of carbonyl (C=O) groups excluding carboxylic acids is 2. The Hall–Kier alpha value is -5.75. The van der Waals surface area contributed by atoms with E-state index in [1.165, 1.54) is 22.7 Å². The molecule has 0 radical (unpaired) electrons. The summed E-state index contributed by atoms with van der Waals surface area (Å²) >= 11 is 11.0. The van der Waals surface area contributed by atoms with Crippen LogP contribution in [0.1, 0.15) is 40.3 Å². The van der Waals surface area contributed by atoms with Gasteiger partial charge in [0.25, 0.3) is 0 Å². The van der Waals surface area contributed by atoms with Crippen LogP contribution >= 0.6 is 47.9 Å². The lowest BCUT2D eigenvalue weighted by atomic mass is 10.2. The van der Waals surface area contributed by atoms with E-state index in [4.69, 9.17) is 9.47 Å². The Morgan fingerprint density at radius 2 is 1.26 bits per heavy atom. The fraction of sp³-hybridized carbons (Fsp3) is 0.150. The Morgan fingerprint density at radius 3 is 1.77 bits per heavy atom. The third-order valence-corrected chi connectivity index (χ3v) is 11.2. The zero-order valence-corrected chi connectivity index (χ0v) is 33.6. The molecule has 0 saturated carbocycles. The van der Waals surface area contributed by atoms with Crippen LogP contribution in [-0.4, -0.2) is 59.6 Å². The maximum atomic E-state index is 13.6. The first-order chi connectivity index (χ1) is 27.7. The van der Waals surface area contributed by atoms with E-state index in [2.05, 4.69) is 45.2 Å². The fourth-order valence-electron chi connectivity index (χ4n) is 6.09. The van der Waals surface area contributed by atoms with Crippen molar-refractivity contribution in [3.63, 3.8) is 0 Å². The molecule has 0 aliphatic rings. The molecule has 0 spiro atoms. The zero-order chi connectivity index (χ0) is 40.2. The topological polar surface area (TPSA) is 147 Å². The number of aryl methyl sites for hydroxylation is 1. The number of carbonyl (C=O) groups is 2. The molecule has 9 aromatic rings. The summed E-state index contributed by atoms with van der Waals surface area (Å²) in [7, 11) is 0. The lowest BCUT2D eigenvalue weighted by Gasteiger charge is -2.07. The second kappa shape index (κ2) is 17.2. The van der Waals surface area contributed by atoms with Crippen molar-refractivity contribution in [2.45, 2.75) is 25.2 Å². The Balaban J connectivity index is 0.000000144. The summed E-state index contributed by atoms with van der Waals surface area (Å²) < 4.78 is 29.2. The highest BCUT2D eigenvalue weighted by Crippen LogP contribution is 2.32. The molecule has 9 rings (SSSR count). The van der Waals surface area contributed by atoms with E-state index in [9.17, 15) is 23.6 Å². The van der Waals surface area contributed by atoms with Crippen LogP contribution in [0.4, 0.5) is 4.39 Å². The zero-order valence-electron chi connectivity index (χ0n) is 30.2. The van der Waals surface area contributed by atoms with Crippen molar-refractivity contribution in [3.8, 4) is 0 Å². The SMILES string of the molecule is CCOC(=O)c1c(=O)c2cc(F)cnc2n2c1sc1ccccc12.CCOC(=O)c1c(=O)c2cc(S)cnc2n2c1sc1ccccc12.SCCc1cnccn1. The molecule has 0 bridgehead atoms. The number of benzene rings is 2. The van der Waals surface area contributed by atoms with Crippen LogP contribution in [0, 0.1) is 5.82 Å². The predicted molar refractivity (Wildman–Crippen MR) is 227 cm³/mol. The molecule has 0 saturated heterocycles. The molecule has 2 aromatic carbocycles. The summed E-state index contributed by atoms with van der Waals surface area (Å²) in [4.78, 5) is 68.4. The Bertz CT molecular complexity index is 2910. The van der Waals surface area contributed by atoms with Gasteiger partial charge in [-0.3, -0.25) is 28.4 Å². The number of fused-ring (bicyclic) bond motifs is 10. The number of hydrogen-bond donors (Lipinski definition) is 2. The molecule has 0 atom stereocenters. The summed E-state index contributed by atoms with van der Waals surface area (Å²) in [5.41, 5.74) is 2.55. The van der Waals surface area contributed by atoms with Crippen molar-refractivity contribution in [1.29, 1.82) is 0 Å². The molecule has 0 aliphatic heterocycles. The second-order valence-electron chi connectivity index (χ2n) is 12.0. The van der Waals surface area contributed by atoms with E-state index in [1.54, 1.807) is 49.1 Å². The van der Waals surface area contributed by atoms with Gasteiger partial charge in [0.1, 0.15) is 37.9 Å². The van der Waals surface area contributed by atoms with Gasteiger partial charge in [-0.1, -0.05) is 24.3 Å². The van der Waals surface area contributed by atoms with E-state index < -0.39 is 23.2 Å². The molecule has 0 N–H and O–H groups in total. The van der Waals surface area contributed by atoms with Crippen molar-refractivity contribution >= 4 is 112 Å². The maximum Gasteiger partial charge on any atom is 0.345 e. The van der Waals surface area contributed by atoms with Crippen LogP contribution in [0.3, 0.4) is 0 Å². The first kappa shape index (κ1) is 39.5. The number of nitrogens with zero attached hydrogens (tertiary/aromatic N) is 6. The maximum absolute atomic E-state index is 13.6. The van der Waals surface area contributed by atoms with Crippen LogP contribution in [0.5, 0.6) is 0 Å². The molecule has 0 amide bonds. The van der Waals surface area contributed by atoms with Gasteiger partial charge in [-0.15, -0.1) is 35.3 Å². The number of aromatic nitrogens is 6. The van der Waals surface area contributed by atoms with E-state index in [-0.39, 0.29) is 35.2 Å². The smallest absolute Gasteiger partial charge is 0.345 e. The van der Waals surface area contributed by atoms with E-state index in [1.807, 2.05) is 52.9 Å². The number of para-hydroxylation sites is 2. The van der Waals surface area contributed by atoms with Crippen molar-refractivity contribution < 1.29 is 23.5 Å². The number of thiazole rings is 2. The number of thiol groups is 2. The van der Waals surface area contributed by atoms with Gasteiger partial charge in [0.05, 0.1) is 56.3 Å². The van der Waals surface area contributed by atoms with Crippen LogP contribution in [-0.2, 0) is 15.9 Å². The number of rotatable bonds is 6. The molecular formula is C40H31FN6O6S4. The minimum absolute atomic E-state index is 0.0475. The average Bonchev–Trinajstić information content (AvgIpc) is 3.78. The number of halogens is 1. The van der Waals surface area contributed by atoms with Crippen LogP contribution in [0.2, 0.25) is 0 Å². The molecule has 0 aliphatic carbocycles. The fourth-order valence-corrected chi connectivity index (χ4v) is 8.86. The summed E-state index contributed by atoms with van der Waals surface area (Å²) in [6, 6.07) is 17.9. The molecule has 288 valence electrons. The quantitative estimate of drug-likeness (QED) is 0.125. The van der Waals surface area contributed by atoms with Gasteiger partial charge < -0.3 is 9.47 Å². The van der Waals surface area contributed by atoms with Gasteiger partial charge >= 0.3 is 11.9 Å². The highest BCUT2D eigenvalue weighted by atomic mass is 32.1. The minimum atomic E-state index is -0.710. The van der Waals surface area contributed by atoms with Crippen molar-refractivity contribution in [2.75, 3.05) is 19.0 Å². The van der Waals surface area contributed by atoms with Crippen molar-refractivity contribution in [3.05, 3.63) is 135 Å². The summed E-state index contributed by atoms with van der Waals surface area (Å²) in [5.74, 6) is -1.12. The van der Waals surface area contributed by atoms with Gasteiger partial charge in [0.15, 0.2) is 0 Å². The second-order valence-corrected chi connectivity index (χ2v) is 15.1. The first-order valence-corrected chi connectivity index (χ1v) is 20.1. The molecule has 7 heterocycles. The van der Waals surface area contributed by atoms with Gasteiger partial charge in [0.2, 0.25) is 10.9 Å². The first-order valence-electron chi connectivity index (χ1n) is 17.4. The summed E-state index contributed by atoms with van der Waals surface area (Å²) in [6.45, 7) is 3.74. The van der Waals surface area contributed by atoms with E-state index in [0.29, 0.717) is 31.2 Å². The molecule has 0 fully saturated rings. The molecule has 57 heavy (non-hydrogen) atoms. The number of hydrogen-bond acceptors (Lipinski definition) is 14. The third kappa shape index (κ3) is 7.70. The highest BCUT2D eigenvalue weighted by molar-refractivity contribution is 7.80. The lowest BCUT2D eigenvalue weighted by Crippen LogP contribution is -2.20. The van der Waals surface area contributed by atoms with Gasteiger partial charge in [-0.05, 0) is 56.0 Å². The van der Waals surface area contributed by atoms with Crippen LogP contribution in [0.25, 0.3) is 52.2 Å². The number of esters is 2. The molecule has 0 unspecified atom stereocenters. The monoisotopic (exact) mass is 838 g/mol. The number of pyridine rings is 4. The molecule has 12 nitrogen and oxygen atoms in total. The van der Waals surface area contributed by atoms with Crippen LogP contribution in [0.15, 0.2) is 106 Å². The normalized spacial score (nSPS) is 11.1. The number of ether oxygens (including phenoxy) is 2. The standard InChI is InChI=1S/C17H11FN2O3S.C17H12N2O3S2.C6H8N2S/c1-2-23-17(22)13-14(21)10-7-9(18)8-19-15(10)20-11-5-3-4-6-12(11)24-16(13)20;1-2-22-17(21)13-14(20)10-7-9(23)8-18-15(10)19-11-5-3-4-6-12(11)24-16(13)19;9-4-1-6-5-7-2-3-8-6/h3-8H,2H2,1H3;3-8,23H,2H2,1H3;2-3,5,9H,1,4H2. The Labute approximate surface area is 341 Å². The Morgan fingerprint density at radius 1 is 0.737 bits per heavy atom. The predicted octanol–water partition coefficient (Wildman–Crippen LogP) is 7.85. The third-order valence-electron chi connectivity index (χ3n) is 8.46. The molecular weight excluding hydrogens is 808 g/mol. The van der Waals surface area contributed by atoms with Crippen molar-refractivity contribution in [2.24, 2.45) is 0 Å².